The average molecular weight is 361 g/mol. The predicted molar refractivity (Wildman–Crippen MR) is 98.3 cm³/mol. The van der Waals surface area contributed by atoms with Gasteiger partial charge in [-0.3, -0.25) is 9.59 Å². The second-order valence-electron chi connectivity index (χ2n) is 6.25. The molecule has 2 aliphatic rings. The van der Waals surface area contributed by atoms with E-state index in [9.17, 15) is 14.9 Å². The molecular formula is C21H13ClN2O2. The Kier molecular flexibility index (Phi) is 3.75. The van der Waals surface area contributed by atoms with Gasteiger partial charge in [-0.1, -0.05) is 48.0 Å². The Balaban J connectivity index is 2.01. The number of allylic oxidation sites excluding steroid dienone is 3. The van der Waals surface area contributed by atoms with Crippen LogP contribution in [0.3, 0.4) is 0 Å². The third-order valence-electron chi connectivity index (χ3n) is 4.78. The molecule has 0 saturated heterocycles. The van der Waals surface area contributed by atoms with Crippen molar-refractivity contribution in [1.82, 2.24) is 5.32 Å². The smallest absolute Gasteiger partial charge is 0.233 e. The van der Waals surface area contributed by atoms with Gasteiger partial charge in [-0.05, 0) is 24.6 Å². The number of nitriles is 1. The molecule has 0 spiro atoms. The Morgan fingerprint density at radius 1 is 1.00 bits per heavy atom. The van der Waals surface area contributed by atoms with Gasteiger partial charge in [-0.25, -0.2) is 0 Å². The molecule has 1 heterocycles. The summed E-state index contributed by atoms with van der Waals surface area (Å²) in [5.74, 6) is -1.72. The molecule has 1 unspecified atom stereocenters. The van der Waals surface area contributed by atoms with Crippen LogP contribution in [0.1, 0.15) is 34.3 Å². The molecule has 0 bridgehead atoms. The monoisotopic (exact) mass is 360 g/mol. The summed E-state index contributed by atoms with van der Waals surface area (Å²) < 4.78 is 0. The van der Waals surface area contributed by atoms with Gasteiger partial charge in [0.25, 0.3) is 0 Å². The Hall–Kier alpha value is -3.16. The number of hydrogen-bond donors (Lipinski definition) is 1. The van der Waals surface area contributed by atoms with Gasteiger partial charge < -0.3 is 5.32 Å². The third kappa shape index (κ3) is 2.29. The normalized spacial score (nSPS) is 18.9. The number of fused-ring (bicyclic) bond motifs is 2. The standard InChI is InChI=1S/C21H13ClN2O2/c1-11-16(10-23)17(12-6-8-13(22)9-7-12)18-19(24-11)14-4-2-3-5-15(14)20(25)21(18)26/h2-9,17,24H,1H3. The first-order valence-corrected chi connectivity index (χ1v) is 8.46. The van der Waals surface area contributed by atoms with Crippen molar-refractivity contribution >= 4 is 28.9 Å². The maximum atomic E-state index is 12.9. The molecular weight excluding hydrogens is 348 g/mol. The van der Waals surface area contributed by atoms with Crippen LogP contribution in [0.2, 0.25) is 5.02 Å². The van der Waals surface area contributed by atoms with Gasteiger partial charge in [-0.2, -0.15) is 5.26 Å². The fourth-order valence-electron chi connectivity index (χ4n) is 3.57. The van der Waals surface area contributed by atoms with E-state index in [1.165, 1.54) is 0 Å². The van der Waals surface area contributed by atoms with E-state index >= 15 is 0 Å². The number of nitrogens with one attached hydrogen (secondary N) is 1. The van der Waals surface area contributed by atoms with Crippen molar-refractivity contribution in [3.8, 4) is 6.07 Å². The molecule has 0 aromatic heterocycles. The van der Waals surface area contributed by atoms with Crippen molar-refractivity contribution in [2.24, 2.45) is 0 Å². The molecule has 2 aromatic rings. The Labute approximate surface area is 155 Å². The zero-order valence-corrected chi connectivity index (χ0v) is 14.6. The highest BCUT2D eigenvalue weighted by Gasteiger charge is 2.41. The van der Waals surface area contributed by atoms with Crippen molar-refractivity contribution in [3.63, 3.8) is 0 Å². The summed E-state index contributed by atoms with van der Waals surface area (Å²) in [6.45, 7) is 1.80. The van der Waals surface area contributed by atoms with Crippen LogP contribution < -0.4 is 5.32 Å². The molecule has 1 N–H and O–H groups in total. The lowest BCUT2D eigenvalue weighted by atomic mass is 9.73. The van der Waals surface area contributed by atoms with Crippen LogP contribution in [0.4, 0.5) is 0 Å². The zero-order chi connectivity index (χ0) is 18.4. The first kappa shape index (κ1) is 16.3. The topological polar surface area (TPSA) is 70.0 Å². The largest absolute Gasteiger partial charge is 0.357 e. The van der Waals surface area contributed by atoms with Crippen LogP contribution in [0.15, 0.2) is 65.4 Å². The number of Topliss-reactive ketones (excluding diaryl/α,β-unsaturated/α-hetero) is 2. The van der Waals surface area contributed by atoms with Crippen LogP contribution in [0.25, 0.3) is 5.70 Å². The van der Waals surface area contributed by atoms with E-state index < -0.39 is 17.5 Å². The molecule has 0 radical (unpaired) electrons. The number of hydrogen-bond acceptors (Lipinski definition) is 4. The highest BCUT2D eigenvalue weighted by Crippen LogP contribution is 2.44. The summed E-state index contributed by atoms with van der Waals surface area (Å²) in [5.41, 5.74) is 3.82. The van der Waals surface area contributed by atoms with E-state index in [-0.39, 0.29) is 0 Å². The molecule has 0 fully saturated rings. The molecule has 1 atom stereocenters. The minimum Gasteiger partial charge on any atom is -0.357 e. The van der Waals surface area contributed by atoms with Crippen LogP contribution in [-0.2, 0) is 4.79 Å². The van der Waals surface area contributed by atoms with E-state index in [0.717, 1.165) is 5.56 Å². The average Bonchev–Trinajstić information content (AvgIpc) is 2.66. The second-order valence-corrected chi connectivity index (χ2v) is 6.69. The number of halogens is 1. The third-order valence-corrected chi connectivity index (χ3v) is 5.03. The SMILES string of the molecule is CC1=C(C#N)C(c2ccc(Cl)cc2)C2=C(N1)c1ccccc1C(=O)C2=O. The minimum absolute atomic E-state index is 0.318. The Bertz CT molecular complexity index is 1070. The summed E-state index contributed by atoms with van der Waals surface area (Å²) in [6.07, 6.45) is 0. The number of carbonyl (C=O) groups excluding carboxylic acids is 2. The van der Waals surface area contributed by atoms with Gasteiger partial charge in [0, 0.05) is 27.4 Å². The second kappa shape index (κ2) is 5.98. The van der Waals surface area contributed by atoms with Crippen molar-refractivity contribution in [3.05, 3.63) is 87.1 Å². The van der Waals surface area contributed by atoms with E-state index in [0.29, 0.717) is 38.7 Å². The molecule has 5 heteroatoms. The van der Waals surface area contributed by atoms with Crippen molar-refractivity contribution in [2.45, 2.75) is 12.8 Å². The summed E-state index contributed by atoms with van der Waals surface area (Å²) in [7, 11) is 0. The van der Waals surface area contributed by atoms with Crippen LogP contribution >= 0.6 is 11.6 Å². The molecule has 26 heavy (non-hydrogen) atoms. The van der Waals surface area contributed by atoms with Crippen LogP contribution in [-0.4, -0.2) is 11.6 Å². The van der Waals surface area contributed by atoms with Gasteiger partial charge in [-0.15, -0.1) is 0 Å². The van der Waals surface area contributed by atoms with Gasteiger partial charge in [0.15, 0.2) is 0 Å². The van der Waals surface area contributed by atoms with Gasteiger partial charge >= 0.3 is 0 Å². The fourth-order valence-corrected chi connectivity index (χ4v) is 3.69. The molecule has 1 aliphatic carbocycles. The lowest BCUT2D eigenvalue weighted by molar-refractivity contribution is -0.112. The number of ketones is 2. The van der Waals surface area contributed by atoms with Gasteiger partial charge in [0.2, 0.25) is 11.6 Å². The van der Waals surface area contributed by atoms with Crippen LogP contribution in [0, 0.1) is 11.3 Å². The molecule has 0 amide bonds. The first-order chi connectivity index (χ1) is 12.5. The minimum atomic E-state index is -0.599. The molecule has 2 aromatic carbocycles. The quantitative estimate of drug-likeness (QED) is 0.780. The molecule has 126 valence electrons. The number of benzene rings is 2. The van der Waals surface area contributed by atoms with Crippen molar-refractivity contribution in [1.29, 1.82) is 5.26 Å². The maximum absolute atomic E-state index is 12.9. The van der Waals surface area contributed by atoms with Crippen molar-refractivity contribution in [2.75, 3.05) is 0 Å². The molecule has 0 saturated carbocycles. The maximum Gasteiger partial charge on any atom is 0.233 e. The lowest BCUT2D eigenvalue weighted by Crippen LogP contribution is -2.35. The van der Waals surface area contributed by atoms with E-state index in [1.54, 1.807) is 43.3 Å². The van der Waals surface area contributed by atoms with Crippen molar-refractivity contribution < 1.29 is 9.59 Å². The highest BCUT2D eigenvalue weighted by atomic mass is 35.5. The zero-order valence-electron chi connectivity index (χ0n) is 13.8. The Morgan fingerprint density at radius 2 is 1.65 bits per heavy atom. The first-order valence-electron chi connectivity index (χ1n) is 8.09. The fraction of sp³-hybridized carbons (Fsp3) is 0.0952. The van der Waals surface area contributed by atoms with E-state index in [4.69, 9.17) is 11.6 Å². The number of carbonyl (C=O) groups is 2. The van der Waals surface area contributed by atoms with Crippen LogP contribution in [0.5, 0.6) is 0 Å². The Morgan fingerprint density at radius 3 is 2.31 bits per heavy atom. The number of rotatable bonds is 1. The lowest BCUT2D eigenvalue weighted by Gasteiger charge is -2.33. The summed E-state index contributed by atoms with van der Waals surface area (Å²) in [5, 5.41) is 13.4. The molecule has 1 aliphatic heterocycles. The molecule has 4 nitrogen and oxygen atoms in total. The predicted octanol–water partition coefficient (Wildman–Crippen LogP) is 4.00. The van der Waals surface area contributed by atoms with E-state index in [2.05, 4.69) is 11.4 Å². The molecule has 4 rings (SSSR count). The number of dihydropyridines is 1. The summed E-state index contributed by atoms with van der Waals surface area (Å²) >= 11 is 5.98. The summed E-state index contributed by atoms with van der Waals surface area (Å²) in [6, 6.07) is 16.2. The summed E-state index contributed by atoms with van der Waals surface area (Å²) in [4.78, 5) is 25.6. The van der Waals surface area contributed by atoms with Gasteiger partial charge in [0.1, 0.15) is 0 Å². The van der Waals surface area contributed by atoms with Gasteiger partial charge in [0.05, 0.1) is 23.3 Å². The highest BCUT2D eigenvalue weighted by molar-refractivity contribution is 6.53. The van der Waals surface area contributed by atoms with E-state index in [1.807, 2.05) is 12.1 Å². The number of nitrogens with zero attached hydrogens (tertiary/aromatic N) is 1.